The van der Waals surface area contributed by atoms with E-state index in [1.807, 2.05) is 13.8 Å². The second-order valence-electron chi connectivity index (χ2n) is 3.73. The number of unbranched alkanes of at least 4 members (excludes halogenated alkanes) is 1. The second kappa shape index (κ2) is 7.68. The molecule has 2 amide bonds. The van der Waals surface area contributed by atoms with E-state index in [2.05, 4.69) is 15.9 Å². The van der Waals surface area contributed by atoms with E-state index in [0.717, 1.165) is 18.2 Å². The summed E-state index contributed by atoms with van der Waals surface area (Å²) in [6, 6.07) is 0.0222. The molecule has 0 unspecified atom stereocenters. The molecule has 0 spiro atoms. The molecule has 5 heteroatoms. The normalized spacial score (nSPS) is 10.4. The molecule has 0 aliphatic carbocycles. The maximum absolute atomic E-state index is 11.7. The van der Waals surface area contributed by atoms with Gasteiger partial charge in [-0.25, -0.2) is 0 Å². The molecule has 0 saturated carbocycles. The lowest BCUT2D eigenvalue weighted by Crippen LogP contribution is -2.42. The average Bonchev–Trinajstić information content (AvgIpc) is 2.13. The van der Waals surface area contributed by atoms with Crippen molar-refractivity contribution in [3.8, 4) is 0 Å². The van der Waals surface area contributed by atoms with Crippen LogP contribution in [0.3, 0.4) is 0 Å². The van der Waals surface area contributed by atoms with E-state index in [4.69, 9.17) is 5.73 Å². The first-order valence-corrected chi connectivity index (χ1v) is 6.25. The number of nitrogens with two attached hydrogens (primary N) is 1. The van der Waals surface area contributed by atoms with Crippen LogP contribution >= 0.6 is 15.9 Å². The summed E-state index contributed by atoms with van der Waals surface area (Å²) in [5.41, 5.74) is 5.08. The van der Waals surface area contributed by atoms with Crippen molar-refractivity contribution in [1.82, 2.24) is 4.90 Å². The fourth-order valence-electron chi connectivity index (χ4n) is 1.24. The molecule has 0 aromatic heterocycles. The lowest BCUT2D eigenvalue weighted by molar-refractivity contribution is -0.136. The van der Waals surface area contributed by atoms with Crippen molar-refractivity contribution in [2.45, 2.75) is 39.2 Å². The Labute approximate surface area is 99.3 Å². The molecule has 0 rings (SSSR count). The highest BCUT2D eigenvalue weighted by molar-refractivity contribution is 9.09. The zero-order valence-corrected chi connectivity index (χ0v) is 10.9. The van der Waals surface area contributed by atoms with E-state index in [1.54, 1.807) is 0 Å². The van der Waals surface area contributed by atoms with Crippen LogP contribution in [0.2, 0.25) is 0 Å². The Morgan fingerprint density at radius 2 is 1.93 bits per heavy atom. The maximum atomic E-state index is 11.7. The topological polar surface area (TPSA) is 63.4 Å². The third-order valence-electron chi connectivity index (χ3n) is 2.04. The Balaban J connectivity index is 4.11. The van der Waals surface area contributed by atoms with E-state index >= 15 is 0 Å². The van der Waals surface area contributed by atoms with Crippen molar-refractivity contribution in [3.63, 3.8) is 0 Å². The standard InChI is InChI=1S/C10H19BrN2O2/c1-8(2)13(7-9(12)14)10(15)5-3-4-6-11/h8H,3-7H2,1-2H3,(H2,12,14). The zero-order chi connectivity index (χ0) is 11.8. The number of amides is 2. The molecule has 0 fully saturated rings. The third-order valence-corrected chi connectivity index (χ3v) is 2.60. The number of carbonyl (C=O) groups excluding carboxylic acids is 2. The molecule has 2 N–H and O–H groups in total. The van der Waals surface area contributed by atoms with Crippen LogP contribution in [0.25, 0.3) is 0 Å². The SMILES string of the molecule is CC(C)N(CC(N)=O)C(=O)CCCCBr. The van der Waals surface area contributed by atoms with Gasteiger partial charge in [-0.3, -0.25) is 9.59 Å². The van der Waals surface area contributed by atoms with Gasteiger partial charge in [-0.1, -0.05) is 15.9 Å². The van der Waals surface area contributed by atoms with E-state index in [-0.39, 0.29) is 18.5 Å². The first-order valence-electron chi connectivity index (χ1n) is 5.12. The van der Waals surface area contributed by atoms with Gasteiger partial charge in [0.2, 0.25) is 11.8 Å². The Morgan fingerprint density at radius 1 is 1.33 bits per heavy atom. The minimum atomic E-state index is -0.461. The van der Waals surface area contributed by atoms with Gasteiger partial charge >= 0.3 is 0 Å². The molecule has 0 aromatic rings. The minimum absolute atomic E-state index is 0.00440. The van der Waals surface area contributed by atoms with Crippen LogP contribution in [-0.4, -0.2) is 34.6 Å². The largest absolute Gasteiger partial charge is 0.368 e. The maximum Gasteiger partial charge on any atom is 0.237 e. The lowest BCUT2D eigenvalue weighted by Gasteiger charge is -2.25. The van der Waals surface area contributed by atoms with Crippen LogP contribution in [0.4, 0.5) is 0 Å². The molecule has 0 aliphatic rings. The van der Waals surface area contributed by atoms with Gasteiger partial charge < -0.3 is 10.6 Å². The lowest BCUT2D eigenvalue weighted by atomic mass is 10.2. The summed E-state index contributed by atoms with van der Waals surface area (Å²) < 4.78 is 0. The van der Waals surface area contributed by atoms with Crippen LogP contribution in [0.1, 0.15) is 33.1 Å². The van der Waals surface area contributed by atoms with E-state index in [1.165, 1.54) is 4.90 Å². The predicted molar refractivity (Wildman–Crippen MR) is 63.7 cm³/mol. The van der Waals surface area contributed by atoms with Crippen molar-refractivity contribution in [3.05, 3.63) is 0 Å². The van der Waals surface area contributed by atoms with Crippen LogP contribution in [0.15, 0.2) is 0 Å². The summed E-state index contributed by atoms with van der Waals surface area (Å²) >= 11 is 3.31. The molecule has 0 atom stereocenters. The number of primary amides is 1. The first kappa shape index (κ1) is 14.4. The average molecular weight is 279 g/mol. The van der Waals surface area contributed by atoms with E-state index in [0.29, 0.717) is 6.42 Å². The van der Waals surface area contributed by atoms with Gasteiger partial charge in [0.25, 0.3) is 0 Å². The molecule has 15 heavy (non-hydrogen) atoms. The Morgan fingerprint density at radius 3 is 2.33 bits per heavy atom. The van der Waals surface area contributed by atoms with Crippen molar-refractivity contribution in [2.24, 2.45) is 5.73 Å². The van der Waals surface area contributed by atoms with Gasteiger partial charge in [-0.05, 0) is 26.7 Å². The smallest absolute Gasteiger partial charge is 0.237 e. The van der Waals surface area contributed by atoms with Gasteiger partial charge in [0.15, 0.2) is 0 Å². The molecule has 0 saturated heterocycles. The molecule has 88 valence electrons. The quantitative estimate of drug-likeness (QED) is 0.563. The summed E-state index contributed by atoms with van der Waals surface area (Å²) in [6.45, 7) is 3.78. The highest BCUT2D eigenvalue weighted by atomic mass is 79.9. The highest BCUT2D eigenvalue weighted by Crippen LogP contribution is 2.06. The number of hydrogen-bond donors (Lipinski definition) is 1. The van der Waals surface area contributed by atoms with Gasteiger partial charge in [0.05, 0.1) is 6.54 Å². The fourth-order valence-corrected chi connectivity index (χ4v) is 1.64. The summed E-state index contributed by atoms with van der Waals surface area (Å²) in [5.74, 6) is -0.456. The van der Waals surface area contributed by atoms with Crippen molar-refractivity contribution in [1.29, 1.82) is 0 Å². The molecule has 0 bridgehead atoms. The minimum Gasteiger partial charge on any atom is -0.368 e. The van der Waals surface area contributed by atoms with Gasteiger partial charge in [-0.2, -0.15) is 0 Å². The predicted octanol–water partition coefficient (Wildman–Crippen LogP) is 1.27. The third kappa shape index (κ3) is 6.49. The first-order chi connectivity index (χ1) is 6.99. The van der Waals surface area contributed by atoms with Crippen molar-refractivity contribution in [2.75, 3.05) is 11.9 Å². The van der Waals surface area contributed by atoms with Crippen molar-refractivity contribution < 1.29 is 9.59 Å². The van der Waals surface area contributed by atoms with Gasteiger partial charge in [0.1, 0.15) is 0 Å². The summed E-state index contributed by atoms with van der Waals surface area (Å²) in [6.07, 6.45) is 2.29. The second-order valence-corrected chi connectivity index (χ2v) is 4.52. The monoisotopic (exact) mass is 278 g/mol. The molecular formula is C10H19BrN2O2. The molecular weight excluding hydrogens is 260 g/mol. The van der Waals surface area contributed by atoms with E-state index in [9.17, 15) is 9.59 Å². The molecule has 0 aliphatic heterocycles. The summed E-state index contributed by atoms with van der Waals surface area (Å²) in [5, 5.41) is 0.901. The number of alkyl halides is 1. The summed E-state index contributed by atoms with van der Waals surface area (Å²) in [7, 11) is 0. The number of nitrogens with zero attached hydrogens (tertiary/aromatic N) is 1. The highest BCUT2D eigenvalue weighted by Gasteiger charge is 2.17. The van der Waals surface area contributed by atoms with Gasteiger partial charge in [-0.15, -0.1) is 0 Å². The molecule has 0 aromatic carbocycles. The molecule has 4 nitrogen and oxygen atoms in total. The number of carbonyl (C=O) groups is 2. The van der Waals surface area contributed by atoms with Crippen LogP contribution in [-0.2, 0) is 9.59 Å². The number of hydrogen-bond acceptors (Lipinski definition) is 2. The Hall–Kier alpha value is -0.580. The van der Waals surface area contributed by atoms with Gasteiger partial charge in [0, 0.05) is 17.8 Å². The number of halogens is 1. The number of rotatable bonds is 7. The Bertz CT molecular complexity index is 219. The van der Waals surface area contributed by atoms with Crippen LogP contribution < -0.4 is 5.73 Å². The molecule has 0 radical (unpaired) electrons. The zero-order valence-electron chi connectivity index (χ0n) is 9.33. The van der Waals surface area contributed by atoms with E-state index < -0.39 is 5.91 Å². The Kier molecular flexibility index (Phi) is 7.38. The summed E-state index contributed by atoms with van der Waals surface area (Å²) in [4.78, 5) is 24.0. The fraction of sp³-hybridized carbons (Fsp3) is 0.800. The van der Waals surface area contributed by atoms with Crippen LogP contribution in [0, 0.1) is 0 Å². The van der Waals surface area contributed by atoms with Crippen molar-refractivity contribution >= 4 is 27.7 Å². The van der Waals surface area contributed by atoms with Crippen LogP contribution in [0.5, 0.6) is 0 Å². The molecule has 0 heterocycles.